The first-order chi connectivity index (χ1) is 5.36. The molecule has 2 rings (SSSR count). The number of rotatable bonds is 0. The minimum absolute atomic E-state index is 0. The number of nitrogens with one attached hydrogen (secondary N) is 1. The lowest BCUT2D eigenvalue weighted by atomic mass is 10.0. The van der Waals surface area contributed by atoms with E-state index in [4.69, 9.17) is 0 Å². The van der Waals surface area contributed by atoms with E-state index in [1.165, 1.54) is 11.6 Å². The monoisotopic (exact) mass is 187 g/mol. The zero-order valence-electron chi connectivity index (χ0n) is 6.64. The average Bonchev–Trinajstić information content (AvgIpc) is 2.04. The summed E-state index contributed by atoms with van der Waals surface area (Å²) in [6.07, 6.45) is 2.22. The van der Waals surface area contributed by atoms with Crippen LogP contribution < -0.4 is 5.32 Å². The molecular formula is C9H11ClFN. The Labute approximate surface area is 77.4 Å². The van der Waals surface area contributed by atoms with Gasteiger partial charge in [-0.1, -0.05) is 6.07 Å². The molecule has 66 valence electrons. The topological polar surface area (TPSA) is 12.0 Å². The van der Waals surface area contributed by atoms with E-state index < -0.39 is 0 Å². The molecule has 1 aliphatic heterocycles. The van der Waals surface area contributed by atoms with E-state index in [1.807, 2.05) is 6.07 Å². The Morgan fingerprint density at radius 3 is 3.00 bits per heavy atom. The Bertz CT molecular complexity index is 275. The Kier molecular flexibility index (Phi) is 2.93. The fourth-order valence-corrected chi connectivity index (χ4v) is 1.43. The molecule has 1 nitrogen and oxygen atoms in total. The molecule has 12 heavy (non-hydrogen) atoms. The third-order valence-electron chi connectivity index (χ3n) is 2.01. The average molecular weight is 188 g/mol. The fourth-order valence-electron chi connectivity index (χ4n) is 1.43. The number of halogens is 2. The molecule has 1 heterocycles. The molecule has 0 saturated heterocycles. The maximum absolute atomic E-state index is 12.7. The fraction of sp³-hybridized carbons (Fsp3) is 0.333. The number of fused-ring (bicyclic) bond motifs is 1. The molecule has 0 aliphatic carbocycles. The molecule has 1 aromatic rings. The van der Waals surface area contributed by atoms with Crippen LogP contribution in [-0.2, 0) is 6.42 Å². The lowest BCUT2D eigenvalue weighted by molar-refractivity contribution is 0.626. The summed E-state index contributed by atoms with van der Waals surface area (Å²) in [6, 6.07) is 4.94. The summed E-state index contributed by atoms with van der Waals surface area (Å²) >= 11 is 0. The SMILES string of the molecule is Cl.Fc1ccc2c(c1)NCCC2. The number of anilines is 1. The standard InChI is InChI=1S/C9H10FN.ClH/c10-8-4-3-7-2-1-5-11-9(7)6-8;/h3-4,6,11H,1-2,5H2;1H. The van der Waals surface area contributed by atoms with Crippen molar-refractivity contribution >= 4 is 18.1 Å². The molecule has 1 N–H and O–H groups in total. The Morgan fingerprint density at radius 1 is 1.33 bits per heavy atom. The van der Waals surface area contributed by atoms with E-state index in [-0.39, 0.29) is 18.2 Å². The van der Waals surface area contributed by atoms with Gasteiger partial charge in [0.1, 0.15) is 5.82 Å². The van der Waals surface area contributed by atoms with E-state index in [0.29, 0.717) is 0 Å². The van der Waals surface area contributed by atoms with Gasteiger partial charge in [-0.3, -0.25) is 0 Å². The van der Waals surface area contributed by atoms with Gasteiger partial charge in [0.25, 0.3) is 0 Å². The molecule has 0 spiro atoms. The van der Waals surface area contributed by atoms with Crippen LogP contribution >= 0.6 is 12.4 Å². The first kappa shape index (κ1) is 9.33. The van der Waals surface area contributed by atoms with E-state index in [9.17, 15) is 4.39 Å². The Balaban J connectivity index is 0.000000720. The van der Waals surface area contributed by atoms with Gasteiger partial charge in [0.05, 0.1) is 0 Å². The van der Waals surface area contributed by atoms with Crippen molar-refractivity contribution in [2.45, 2.75) is 12.8 Å². The molecule has 0 aromatic heterocycles. The van der Waals surface area contributed by atoms with Crippen LogP contribution in [0, 0.1) is 5.82 Å². The summed E-state index contributed by atoms with van der Waals surface area (Å²) in [5.74, 6) is -0.154. The number of aryl methyl sites for hydroxylation is 1. The van der Waals surface area contributed by atoms with Crippen LogP contribution in [0.3, 0.4) is 0 Å². The molecule has 3 heteroatoms. The first-order valence-corrected chi connectivity index (χ1v) is 3.88. The summed E-state index contributed by atoms with van der Waals surface area (Å²) in [7, 11) is 0. The van der Waals surface area contributed by atoms with Crippen molar-refractivity contribution in [2.75, 3.05) is 11.9 Å². The van der Waals surface area contributed by atoms with Crippen molar-refractivity contribution in [3.8, 4) is 0 Å². The van der Waals surface area contributed by atoms with Gasteiger partial charge in [-0.05, 0) is 30.5 Å². The van der Waals surface area contributed by atoms with E-state index in [2.05, 4.69) is 5.32 Å². The van der Waals surface area contributed by atoms with Gasteiger partial charge in [-0.15, -0.1) is 12.4 Å². The van der Waals surface area contributed by atoms with Gasteiger partial charge >= 0.3 is 0 Å². The molecule has 1 aliphatic rings. The van der Waals surface area contributed by atoms with Crippen molar-refractivity contribution in [2.24, 2.45) is 0 Å². The molecule has 0 fully saturated rings. The second kappa shape index (κ2) is 3.76. The van der Waals surface area contributed by atoms with E-state index >= 15 is 0 Å². The van der Waals surface area contributed by atoms with Gasteiger partial charge < -0.3 is 5.32 Å². The summed E-state index contributed by atoms with van der Waals surface area (Å²) < 4.78 is 12.7. The zero-order valence-corrected chi connectivity index (χ0v) is 7.46. The normalized spacial score (nSPS) is 14.1. The highest BCUT2D eigenvalue weighted by Gasteiger charge is 2.07. The quantitative estimate of drug-likeness (QED) is 0.659. The van der Waals surface area contributed by atoms with Crippen molar-refractivity contribution in [3.05, 3.63) is 29.6 Å². The molecule has 0 saturated carbocycles. The third-order valence-corrected chi connectivity index (χ3v) is 2.01. The summed E-state index contributed by atoms with van der Waals surface area (Å²) in [6.45, 7) is 0.969. The Hall–Kier alpha value is -0.760. The van der Waals surface area contributed by atoms with Gasteiger partial charge in [0, 0.05) is 12.2 Å². The smallest absolute Gasteiger partial charge is 0.125 e. The summed E-state index contributed by atoms with van der Waals surface area (Å²) in [4.78, 5) is 0. The highest BCUT2D eigenvalue weighted by molar-refractivity contribution is 5.85. The molecule has 0 bridgehead atoms. The number of hydrogen-bond acceptors (Lipinski definition) is 1. The van der Waals surface area contributed by atoms with Crippen LogP contribution in [0.1, 0.15) is 12.0 Å². The molecule has 0 unspecified atom stereocenters. The summed E-state index contributed by atoms with van der Waals surface area (Å²) in [5, 5.41) is 3.16. The van der Waals surface area contributed by atoms with Crippen molar-refractivity contribution in [1.29, 1.82) is 0 Å². The van der Waals surface area contributed by atoms with Crippen LogP contribution in [-0.4, -0.2) is 6.54 Å². The predicted octanol–water partition coefficient (Wildman–Crippen LogP) is 2.61. The van der Waals surface area contributed by atoms with Crippen molar-refractivity contribution < 1.29 is 4.39 Å². The minimum Gasteiger partial charge on any atom is -0.385 e. The van der Waals surface area contributed by atoms with E-state index in [0.717, 1.165) is 25.1 Å². The number of benzene rings is 1. The van der Waals surface area contributed by atoms with E-state index in [1.54, 1.807) is 6.07 Å². The maximum atomic E-state index is 12.7. The Morgan fingerprint density at radius 2 is 2.17 bits per heavy atom. The first-order valence-electron chi connectivity index (χ1n) is 3.88. The van der Waals surface area contributed by atoms with Crippen molar-refractivity contribution in [1.82, 2.24) is 0 Å². The lowest BCUT2D eigenvalue weighted by Gasteiger charge is -2.17. The second-order valence-electron chi connectivity index (χ2n) is 2.83. The molecule has 0 radical (unpaired) electrons. The zero-order chi connectivity index (χ0) is 7.68. The molecular weight excluding hydrogens is 177 g/mol. The van der Waals surface area contributed by atoms with Gasteiger partial charge in [-0.25, -0.2) is 4.39 Å². The van der Waals surface area contributed by atoms with Crippen LogP contribution in [0.4, 0.5) is 10.1 Å². The van der Waals surface area contributed by atoms with Crippen molar-refractivity contribution in [3.63, 3.8) is 0 Å². The maximum Gasteiger partial charge on any atom is 0.125 e. The van der Waals surface area contributed by atoms with Gasteiger partial charge in [0.15, 0.2) is 0 Å². The molecule has 0 atom stereocenters. The summed E-state index contributed by atoms with van der Waals surface area (Å²) in [5.41, 5.74) is 2.20. The molecule has 1 aromatic carbocycles. The van der Waals surface area contributed by atoms with Crippen LogP contribution in [0.25, 0.3) is 0 Å². The van der Waals surface area contributed by atoms with Crippen LogP contribution in [0.2, 0.25) is 0 Å². The second-order valence-corrected chi connectivity index (χ2v) is 2.83. The third kappa shape index (κ3) is 1.69. The van der Waals surface area contributed by atoms with Gasteiger partial charge in [0.2, 0.25) is 0 Å². The van der Waals surface area contributed by atoms with Crippen LogP contribution in [0.5, 0.6) is 0 Å². The number of hydrogen-bond donors (Lipinski definition) is 1. The predicted molar refractivity (Wildman–Crippen MR) is 50.5 cm³/mol. The highest BCUT2D eigenvalue weighted by Crippen LogP contribution is 2.21. The van der Waals surface area contributed by atoms with Crippen LogP contribution in [0.15, 0.2) is 18.2 Å². The highest BCUT2D eigenvalue weighted by atomic mass is 35.5. The molecule has 0 amide bonds. The minimum atomic E-state index is -0.154. The van der Waals surface area contributed by atoms with Gasteiger partial charge in [-0.2, -0.15) is 0 Å². The largest absolute Gasteiger partial charge is 0.385 e. The lowest BCUT2D eigenvalue weighted by Crippen LogP contribution is -2.11.